The first kappa shape index (κ1) is 19.8. The van der Waals surface area contributed by atoms with E-state index in [4.69, 9.17) is 0 Å². The molecule has 1 atom stereocenters. The Balaban J connectivity index is 2.36. The minimum Gasteiger partial charge on any atom is -0.333 e. The smallest absolute Gasteiger partial charge is 0.333 e. The molecule has 0 bridgehead atoms. The van der Waals surface area contributed by atoms with Gasteiger partial charge in [0.15, 0.2) is 0 Å². The molecule has 2 nitrogen and oxygen atoms in total. The van der Waals surface area contributed by atoms with E-state index < -0.39 is 23.1 Å². The number of benzene rings is 2. The van der Waals surface area contributed by atoms with Gasteiger partial charge in [-0.15, -0.1) is 0 Å². The standard InChI is InChI=1S/C21H22F3NO/c1-20(2,3)19(26)25-13-12-18(15-8-5-4-6-9-15)16-10-7-11-17(14-16)21(22,23)24/h4-14,18H,1-3H3,(H,25,26)/b13-12+. The molecule has 0 fully saturated rings. The fourth-order valence-corrected chi connectivity index (χ4v) is 2.42. The van der Waals surface area contributed by atoms with Crippen molar-refractivity contribution < 1.29 is 18.0 Å². The number of hydrogen-bond acceptors (Lipinski definition) is 1. The summed E-state index contributed by atoms with van der Waals surface area (Å²) in [5.74, 6) is -0.566. The number of amides is 1. The molecule has 0 aliphatic carbocycles. The summed E-state index contributed by atoms with van der Waals surface area (Å²) in [6.07, 6.45) is -1.19. The second kappa shape index (κ2) is 7.77. The number of halogens is 3. The van der Waals surface area contributed by atoms with Gasteiger partial charge in [-0.3, -0.25) is 4.79 Å². The lowest BCUT2D eigenvalue weighted by atomic mass is 9.90. The number of allylic oxidation sites excluding steroid dienone is 1. The van der Waals surface area contributed by atoms with Crippen molar-refractivity contribution in [3.05, 3.63) is 83.6 Å². The van der Waals surface area contributed by atoms with Gasteiger partial charge in [-0.1, -0.05) is 75.4 Å². The van der Waals surface area contributed by atoms with E-state index in [0.29, 0.717) is 5.56 Å². The Morgan fingerprint density at radius 2 is 1.58 bits per heavy atom. The van der Waals surface area contributed by atoms with Gasteiger partial charge in [-0.25, -0.2) is 0 Å². The summed E-state index contributed by atoms with van der Waals surface area (Å²) in [5, 5.41) is 2.70. The molecule has 2 rings (SSSR count). The van der Waals surface area contributed by atoms with Gasteiger partial charge in [0.25, 0.3) is 0 Å². The second-order valence-corrected chi connectivity index (χ2v) is 7.09. The first-order valence-corrected chi connectivity index (χ1v) is 8.29. The number of carbonyl (C=O) groups is 1. The van der Waals surface area contributed by atoms with Gasteiger partial charge in [0.2, 0.25) is 5.91 Å². The number of alkyl halides is 3. The Hall–Kier alpha value is -2.56. The number of carbonyl (C=O) groups excluding carboxylic acids is 1. The fraction of sp³-hybridized carbons (Fsp3) is 0.286. The molecule has 0 saturated carbocycles. The summed E-state index contributed by atoms with van der Waals surface area (Å²) < 4.78 is 39.1. The zero-order valence-corrected chi connectivity index (χ0v) is 15.0. The van der Waals surface area contributed by atoms with Crippen molar-refractivity contribution in [1.82, 2.24) is 5.32 Å². The van der Waals surface area contributed by atoms with Crippen LogP contribution in [0.15, 0.2) is 66.9 Å². The van der Waals surface area contributed by atoms with Crippen LogP contribution >= 0.6 is 0 Å². The Kier molecular flexibility index (Phi) is 5.90. The quantitative estimate of drug-likeness (QED) is 0.764. The average Bonchev–Trinajstić information content (AvgIpc) is 2.58. The SMILES string of the molecule is CC(C)(C)C(=O)N/C=C/C(c1ccccc1)c1cccc(C(F)(F)F)c1. The van der Waals surface area contributed by atoms with E-state index >= 15 is 0 Å². The molecular formula is C21H22F3NO. The minimum absolute atomic E-state index is 0.162. The van der Waals surface area contributed by atoms with E-state index in [1.165, 1.54) is 12.3 Å². The van der Waals surface area contributed by atoms with Crippen molar-refractivity contribution in [3.8, 4) is 0 Å². The topological polar surface area (TPSA) is 29.1 Å². The Bertz CT molecular complexity index is 774. The second-order valence-electron chi connectivity index (χ2n) is 7.09. The van der Waals surface area contributed by atoms with Crippen LogP contribution in [0.1, 0.15) is 43.4 Å². The molecular weight excluding hydrogens is 339 g/mol. The van der Waals surface area contributed by atoms with Crippen LogP contribution < -0.4 is 5.32 Å². The predicted molar refractivity (Wildman–Crippen MR) is 96.5 cm³/mol. The van der Waals surface area contributed by atoms with Crippen molar-refractivity contribution >= 4 is 5.91 Å². The fourth-order valence-electron chi connectivity index (χ4n) is 2.42. The third-order valence-corrected chi connectivity index (χ3v) is 3.92. The maximum Gasteiger partial charge on any atom is 0.416 e. The minimum atomic E-state index is -4.40. The third kappa shape index (κ3) is 5.22. The highest BCUT2D eigenvalue weighted by molar-refractivity contribution is 5.82. The first-order chi connectivity index (χ1) is 12.1. The summed E-state index contributed by atoms with van der Waals surface area (Å²) in [6, 6.07) is 14.5. The van der Waals surface area contributed by atoms with Crippen molar-refractivity contribution in [1.29, 1.82) is 0 Å². The molecule has 0 radical (unpaired) electrons. The summed E-state index contributed by atoms with van der Waals surface area (Å²) >= 11 is 0. The van der Waals surface area contributed by atoms with Crippen LogP contribution in [0.5, 0.6) is 0 Å². The average molecular weight is 361 g/mol. The molecule has 0 saturated heterocycles. The van der Waals surface area contributed by atoms with Crippen molar-refractivity contribution in [3.63, 3.8) is 0 Å². The molecule has 1 amide bonds. The normalized spacial score (nSPS) is 13.6. The maximum absolute atomic E-state index is 13.0. The van der Waals surface area contributed by atoms with Crippen LogP contribution in [0, 0.1) is 5.41 Å². The molecule has 0 aromatic heterocycles. The highest BCUT2D eigenvalue weighted by Crippen LogP contribution is 2.33. The molecule has 1 N–H and O–H groups in total. The zero-order valence-electron chi connectivity index (χ0n) is 15.0. The first-order valence-electron chi connectivity index (χ1n) is 8.29. The summed E-state index contributed by atoms with van der Waals surface area (Å²) in [7, 11) is 0. The van der Waals surface area contributed by atoms with Crippen LogP contribution in [0.3, 0.4) is 0 Å². The van der Waals surface area contributed by atoms with Gasteiger partial charge in [-0.05, 0) is 17.2 Å². The Labute approximate surface area is 151 Å². The molecule has 26 heavy (non-hydrogen) atoms. The Morgan fingerprint density at radius 1 is 0.962 bits per heavy atom. The number of nitrogens with one attached hydrogen (secondary N) is 1. The zero-order chi connectivity index (χ0) is 19.4. The van der Waals surface area contributed by atoms with Gasteiger partial charge in [-0.2, -0.15) is 13.2 Å². The summed E-state index contributed by atoms with van der Waals surface area (Å²) in [5.41, 5.74) is 0.103. The van der Waals surface area contributed by atoms with Gasteiger partial charge in [0.05, 0.1) is 5.56 Å². The van der Waals surface area contributed by atoms with Gasteiger partial charge in [0, 0.05) is 17.5 Å². The third-order valence-electron chi connectivity index (χ3n) is 3.92. The largest absolute Gasteiger partial charge is 0.416 e. The van der Waals surface area contributed by atoms with Gasteiger partial charge >= 0.3 is 6.18 Å². The van der Waals surface area contributed by atoms with E-state index in [2.05, 4.69) is 5.32 Å². The van der Waals surface area contributed by atoms with Crippen LogP contribution in [0.25, 0.3) is 0 Å². The van der Waals surface area contributed by atoms with E-state index in [0.717, 1.165) is 17.7 Å². The molecule has 0 aliphatic rings. The highest BCUT2D eigenvalue weighted by Gasteiger charge is 2.31. The lowest BCUT2D eigenvalue weighted by Crippen LogP contribution is -2.31. The number of rotatable bonds is 4. The molecule has 0 spiro atoms. The highest BCUT2D eigenvalue weighted by atomic mass is 19.4. The molecule has 2 aromatic rings. The van der Waals surface area contributed by atoms with E-state index in [-0.39, 0.29) is 5.91 Å². The van der Waals surface area contributed by atoms with E-state index in [1.807, 2.05) is 30.3 Å². The lowest BCUT2D eigenvalue weighted by Gasteiger charge is -2.18. The molecule has 138 valence electrons. The predicted octanol–water partition coefficient (Wildman–Crippen LogP) is 5.51. The lowest BCUT2D eigenvalue weighted by molar-refractivity contribution is -0.137. The van der Waals surface area contributed by atoms with Crippen LogP contribution in [-0.2, 0) is 11.0 Å². The van der Waals surface area contributed by atoms with Crippen LogP contribution in [0.4, 0.5) is 13.2 Å². The molecule has 2 aromatic carbocycles. The molecule has 1 unspecified atom stereocenters. The molecule has 0 aliphatic heterocycles. The summed E-state index contributed by atoms with van der Waals surface area (Å²) in [4.78, 5) is 12.0. The molecule has 5 heteroatoms. The van der Waals surface area contributed by atoms with Crippen molar-refractivity contribution in [2.75, 3.05) is 0 Å². The number of hydrogen-bond donors (Lipinski definition) is 1. The van der Waals surface area contributed by atoms with Crippen molar-refractivity contribution in [2.45, 2.75) is 32.9 Å². The molecule has 0 heterocycles. The van der Waals surface area contributed by atoms with Crippen LogP contribution in [0.2, 0.25) is 0 Å². The summed E-state index contributed by atoms with van der Waals surface area (Å²) in [6.45, 7) is 5.37. The van der Waals surface area contributed by atoms with Gasteiger partial charge < -0.3 is 5.32 Å². The Morgan fingerprint density at radius 3 is 2.15 bits per heavy atom. The monoisotopic (exact) mass is 361 g/mol. The maximum atomic E-state index is 13.0. The van der Waals surface area contributed by atoms with E-state index in [1.54, 1.807) is 32.9 Å². The van der Waals surface area contributed by atoms with E-state index in [9.17, 15) is 18.0 Å². The van der Waals surface area contributed by atoms with Crippen LogP contribution in [-0.4, -0.2) is 5.91 Å². The van der Waals surface area contributed by atoms with Gasteiger partial charge in [0.1, 0.15) is 0 Å². The van der Waals surface area contributed by atoms with Crippen molar-refractivity contribution in [2.24, 2.45) is 5.41 Å².